The highest BCUT2D eigenvalue weighted by molar-refractivity contribution is 5.50. The van der Waals surface area contributed by atoms with E-state index in [-0.39, 0.29) is 0 Å². The molecule has 0 aromatic carbocycles. The second kappa shape index (κ2) is 3.59. The summed E-state index contributed by atoms with van der Waals surface area (Å²) in [6, 6.07) is 0. The lowest BCUT2D eigenvalue weighted by Crippen LogP contribution is -2.32. The average Bonchev–Trinajstić information content (AvgIpc) is 2.05. The predicted octanol–water partition coefficient (Wildman–Crippen LogP) is 1.53. The van der Waals surface area contributed by atoms with Crippen LogP contribution < -0.4 is 0 Å². The second-order valence-corrected chi connectivity index (χ2v) is 2.84. The van der Waals surface area contributed by atoms with Gasteiger partial charge in [-0.2, -0.15) is 0 Å². The number of nitrogens with zero attached hydrogens (tertiary/aromatic N) is 1. The van der Waals surface area contributed by atoms with Gasteiger partial charge >= 0.3 is 0 Å². The summed E-state index contributed by atoms with van der Waals surface area (Å²) in [5.74, 6) is 0.802. The molecule has 0 atom stereocenters. The van der Waals surface area contributed by atoms with Crippen molar-refractivity contribution >= 4 is 6.34 Å². The molecular formula is C8H15N2. The van der Waals surface area contributed by atoms with Crippen molar-refractivity contribution in [1.82, 2.24) is 4.90 Å². The smallest absolute Gasteiger partial charge is 0.0817 e. The fourth-order valence-corrected chi connectivity index (χ4v) is 1.38. The van der Waals surface area contributed by atoms with Gasteiger partial charge in [-0.1, -0.05) is 6.92 Å². The van der Waals surface area contributed by atoms with Gasteiger partial charge in [-0.3, -0.25) is 5.41 Å². The van der Waals surface area contributed by atoms with Crippen molar-refractivity contribution in [3.63, 3.8) is 0 Å². The summed E-state index contributed by atoms with van der Waals surface area (Å²) in [5, 5.41) is 7.01. The summed E-state index contributed by atoms with van der Waals surface area (Å²) in [6.07, 6.45) is 6.19. The highest BCUT2D eigenvalue weighted by Crippen LogP contribution is 2.17. The standard InChI is InChI=1S/C8H15N2/c1-2-8-3-5-10(7-9)6-4-8/h2,7-9H,3-6H2,1H3. The lowest BCUT2D eigenvalue weighted by Gasteiger charge is -2.29. The zero-order valence-electron chi connectivity index (χ0n) is 6.51. The molecule has 1 fully saturated rings. The molecule has 0 bridgehead atoms. The SMILES string of the molecule is C[CH]C1CCN(C=N)CC1. The average molecular weight is 139 g/mol. The molecule has 0 spiro atoms. The molecule has 2 nitrogen and oxygen atoms in total. The minimum atomic E-state index is 0.802. The van der Waals surface area contributed by atoms with Crippen LogP contribution in [0.1, 0.15) is 19.8 Å². The molecule has 1 saturated heterocycles. The minimum Gasteiger partial charge on any atom is -0.363 e. The monoisotopic (exact) mass is 139 g/mol. The molecule has 0 aromatic heterocycles. The first-order chi connectivity index (χ1) is 4.86. The zero-order chi connectivity index (χ0) is 7.40. The van der Waals surface area contributed by atoms with Crippen molar-refractivity contribution in [2.45, 2.75) is 19.8 Å². The van der Waals surface area contributed by atoms with Gasteiger partial charge in [0.1, 0.15) is 0 Å². The summed E-state index contributed by atoms with van der Waals surface area (Å²) >= 11 is 0. The molecule has 1 rings (SSSR count). The van der Waals surface area contributed by atoms with Gasteiger partial charge < -0.3 is 4.90 Å². The van der Waals surface area contributed by atoms with Crippen LogP contribution in [-0.4, -0.2) is 24.3 Å². The van der Waals surface area contributed by atoms with Crippen LogP contribution in [0.5, 0.6) is 0 Å². The largest absolute Gasteiger partial charge is 0.363 e. The van der Waals surface area contributed by atoms with Crippen LogP contribution in [0.4, 0.5) is 0 Å². The van der Waals surface area contributed by atoms with Gasteiger partial charge in [0, 0.05) is 13.1 Å². The summed E-state index contributed by atoms with van der Waals surface area (Å²) in [7, 11) is 0. The van der Waals surface area contributed by atoms with Crippen molar-refractivity contribution in [3.05, 3.63) is 6.42 Å². The van der Waals surface area contributed by atoms with Crippen LogP contribution in [0.15, 0.2) is 0 Å². The van der Waals surface area contributed by atoms with E-state index in [0.717, 1.165) is 19.0 Å². The maximum atomic E-state index is 7.01. The first-order valence-electron chi connectivity index (χ1n) is 3.91. The first-order valence-corrected chi connectivity index (χ1v) is 3.91. The summed E-state index contributed by atoms with van der Waals surface area (Å²) in [4.78, 5) is 2.07. The highest BCUT2D eigenvalue weighted by Gasteiger charge is 2.14. The van der Waals surface area contributed by atoms with Crippen molar-refractivity contribution in [2.24, 2.45) is 5.92 Å². The number of hydrogen-bond donors (Lipinski definition) is 1. The third-order valence-corrected chi connectivity index (χ3v) is 2.23. The lowest BCUT2D eigenvalue weighted by atomic mass is 9.95. The molecular weight excluding hydrogens is 124 g/mol. The second-order valence-electron chi connectivity index (χ2n) is 2.84. The molecule has 0 amide bonds. The molecule has 1 aliphatic heterocycles. The number of rotatable bonds is 2. The molecule has 1 N–H and O–H groups in total. The van der Waals surface area contributed by atoms with E-state index >= 15 is 0 Å². The molecule has 0 unspecified atom stereocenters. The van der Waals surface area contributed by atoms with E-state index in [4.69, 9.17) is 5.41 Å². The Morgan fingerprint density at radius 2 is 2.00 bits per heavy atom. The molecule has 1 heterocycles. The van der Waals surface area contributed by atoms with Gasteiger partial charge in [-0.15, -0.1) is 0 Å². The van der Waals surface area contributed by atoms with Crippen LogP contribution in [0.25, 0.3) is 0 Å². The highest BCUT2D eigenvalue weighted by atomic mass is 15.1. The van der Waals surface area contributed by atoms with E-state index in [0.29, 0.717) is 0 Å². The van der Waals surface area contributed by atoms with E-state index in [9.17, 15) is 0 Å². The lowest BCUT2D eigenvalue weighted by molar-refractivity contribution is 0.294. The third kappa shape index (κ3) is 1.72. The van der Waals surface area contributed by atoms with Gasteiger partial charge in [0.2, 0.25) is 0 Å². The Morgan fingerprint density at radius 1 is 1.40 bits per heavy atom. The Labute approximate surface area is 62.7 Å². The molecule has 0 aromatic rings. The summed E-state index contributed by atoms with van der Waals surface area (Å²) < 4.78 is 0. The predicted molar refractivity (Wildman–Crippen MR) is 43.1 cm³/mol. The Kier molecular flexibility index (Phi) is 2.72. The van der Waals surface area contributed by atoms with Gasteiger partial charge in [0.25, 0.3) is 0 Å². The van der Waals surface area contributed by atoms with Crippen molar-refractivity contribution in [2.75, 3.05) is 13.1 Å². The van der Waals surface area contributed by atoms with Gasteiger partial charge in [0.15, 0.2) is 0 Å². The minimum absolute atomic E-state index is 0.802. The Morgan fingerprint density at radius 3 is 2.40 bits per heavy atom. The normalized spacial score (nSPS) is 21.1. The van der Waals surface area contributed by atoms with Gasteiger partial charge in [0.05, 0.1) is 6.34 Å². The first kappa shape index (κ1) is 7.58. The fraction of sp³-hybridized carbons (Fsp3) is 0.750. The van der Waals surface area contributed by atoms with E-state index in [1.165, 1.54) is 19.2 Å². The molecule has 2 heteroatoms. The topological polar surface area (TPSA) is 27.1 Å². The van der Waals surface area contributed by atoms with Crippen LogP contribution in [0.2, 0.25) is 0 Å². The van der Waals surface area contributed by atoms with Crippen LogP contribution in [-0.2, 0) is 0 Å². The molecule has 1 aliphatic rings. The quantitative estimate of drug-likeness (QED) is 0.456. The molecule has 0 saturated carbocycles. The summed E-state index contributed by atoms with van der Waals surface area (Å²) in [6.45, 7) is 4.27. The molecule has 57 valence electrons. The number of hydrogen-bond acceptors (Lipinski definition) is 1. The summed E-state index contributed by atoms with van der Waals surface area (Å²) in [5.41, 5.74) is 0. The van der Waals surface area contributed by atoms with Crippen LogP contribution >= 0.6 is 0 Å². The molecule has 1 radical (unpaired) electrons. The van der Waals surface area contributed by atoms with E-state index in [1.54, 1.807) is 0 Å². The van der Waals surface area contributed by atoms with Gasteiger partial charge in [-0.25, -0.2) is 0 Å². The van der Waals surface area contributed by atoms with E-state index in [2.05, 4.69) is 18.2 Å². The van der Waals surface area contributed by atoms with Gasteiger partial charge in [-0.05, 0) is 25.2 Å². The van der Waals surface area contributed by atoms with Crippen LogP contribution in [0.3, 0.4) is 0 Å². The van der Waals surface area contributed by atoms with Crippen molar-refractivity contribution in [1.29, 1.82) is 5.41 Å². The third-order valence-electron chi connectivity index (χ3n) is 2.23. The van der Waals surface area contributed by atoms with E-state index in [1.807, 2.05) is 0 Å². The van der Waals surface area contributed by atoms with Crippen LogP contribution in [0, 0.1) is 17.7 Å². The Bertz CT molecular complexity index is 104. The maximum absolute atomic E-state index is 7.01. The fourth-order valence-electron chi connectivity index (χ4n) is 1.38. The molecule has 0 aliphatic carbocycles. The zero-order valence-corrected chi connectivity index (χ0v) is 6.51. The Balaban J connectivity index is 2.23. The number of piperidine rings is 1. The Hall–Kier alpha value is -0.530. The molecule has 10 heavy (non-hydrogen) atoms. The maximum Gasteiger partial charge on any atom is 0.0817 e. The van der Waals surface area contributed by atoms with E-state index < -0.39 is 0 Å². The van der Waals surface area contributed by atoms with Crippen molar-refractivity contribution < 1.29 is 0 Å². The number of likely N-dealkylation sites (tertiary alicyclic amines) is 1. The number of nitrogens with one attached hydrogen (secondary N) is 1. The van der Waals surface area contributed by atoms with Crippen molar-refractivity contribution in [3.8, 4) is 0 Å².